The average Bonchev–Trinajstić information content (AvgIpc) is 2.61. The van der Waals surface area contributed by atoms with E-state index < -0.39 is 27.5 Å². The molecule has 29 heavy (non-hydrogen) atoms. The average molecular weight is 443 g/mol. The summed E-state index contributed by atoms with van der Waals surface area (Å²) in [7, 11) is -4.55. The van der Waals surface area contributed by atoms with Crippen molar-refractivity contribution in [2.45, 2.75) is 103 Å². The van der Waals surface area contributed by atoms with Crippen LogP contribution in [-0.4, -0.2) is 30.3 Å². The molecule has 9 heteroatoms. The zero-order chi connectivity index (χ0) is 21.4. The number of rotatable bonds is 17. The van der Waals surface area contributed by atoms with Crippen LogP contribution in [0.2, 0.25) is 0 Å². The largest absolute Gasteiger partial charge is 1.00 e. The van der Waals surface area contributed by atoms with Crippen molar-refractivity contribution in [1.29, 1.82) is 0 Å². The number of unbranched alkanes of at least 4 members (excludes halogenated alkanes) is 10. The van der Waals surface area contributed by atoms with Crippen molar-refractivity contribution in [2.24, 2.45) is 0 Å². The van der Waals surface area contributed by atoms with Gasteiger partial charge in [-0.15, -0.1) is 0 Å². The summed E-state index contributed by atoms with van der Waals surface area (Å²) in [5.74, 6) is -2.60. The second-order valence-electron chi connectivity index (χ2n) is 7.03. The van der Waals surface area contributed by atoms with Crippen molar-refractivity contribution < 1.29 is 62.0 Å². The number of aliphatic carboxylic acids is 1. The van der Waals surface area contributed by atoms with Gasteiger partial charge < -0.3 is 14.6 Å². The maximum Gasteiger partial charge on any atom is 1.00 e. The standard InChI is InChI=1S/C20H36O7S.Na/c1-3-5-6-7-8-9-10-11-12-13-14-15-17(16-18(21)22)20(23)27-19(4-2)28(24,25)26;/h16,19H,3-15H2,1-2H3,(H,21,22)(H,24,25,26);/q;+1/p-1. The summed E-state index contributed by atoms with van der Waals surface area (Å²) in [6, 6.07) is 0. The molecule has 0 aliphatic rings. The van der Waals surface area contributed by atoms with Crippen molar-refractivity contribution in [3.63, 3.8) is 0 Å². The van der Waals surface area contributed by atoms with Crippen LogP contribution >= 0.6 is 0 Å². The van der Waals surface area contributed by atoms with E-state index in [1.807, 2.05) is 0 Å². The zero-order valence-electron chi connectivity index (χ0n) is 18.2. The molecule has 0 radical (unpaired) electrons. The Morgan fingerprint density at radius 3 is 1.76 bits per heavy atom. The number of ether oxygens (including phenoxy) is 1. The predicted octanol–water partition coefficient (Wildman–Crippen LogP) is 0.535. The van der Waals surface area contributed by atoms with Gasteiger partial charge in [-0.05, 0) is 25.3 Å². The fourth-order valence-corrected chi connectivity index (χ4v) is 3.54. The first-order valence-electron chi connectivity index (χ1n) is 10.3. The van der Waals surface area contributed by atoms with Gasteiger partial charge in [-0.3, -0.25) is 4.55 Å². The topological polar surface area (TPSA) is 121 Å². The van der Waals surface area contributed by atoms with Crippen LogP contribution in [0.1, 0.15) is 97.3 Å². The van der Waals surface area contributed by atoms with Crippen molar-refractivity contribution in [1.82, 2.24) is 0 Å². The second-order valence-corrected chi connectivity index (χ2v) is 8.59. The molecule has 0 rings (SSSR count). The quantitative estimate of drug-likeness (QED) is 0.115. The minimum Gasteiger partial charge on any atom is -0.545 e. The van der Waals surface area contributed by atoms with Gasteiger partial charge in [0.15, 0.2) is 0 Å². The van der Waals surface area contributed by atoms with E-state index in [-0.39, 0.29) is 48.0 Å². The van der Waals surface area contributed by atoms with Crippen LogP contribution in [0.15, 0.2) is 11.6 Å². The third-order valence-corrected chi connectivity index (χ3v) is 5.60. The molecule has 1 unspecified atom stereocenters. The Bertz CT molecular complexity index is 588. The fourth-order valence-electron chi connectivity index (χ4n) is 2.90. The van der Waals surface area contributed by atoms with E-state index in [2.05, 4.69) is 6.92 Å². The van der Waals surface area contributed by atoms with Crippen LogP contribution in [0.4, 0.5) is 0 Å². The third kappa shape index (κ3) is 17.0. The van der Waals surface area contributed by atoms with Crippen LogP contribution in [0.25, 0.3) is 0 Å². The molecular formula is C20H35NaO7S. The molecular weight excluding hydrogens is 407 g/mol. The Morgan fingerprint density at radius 2 is 1.38 bits per heavy atom. The molecule has 0 aromatic heterocycles. The Labute approximate surface area is 197 Å². The van der Waals surface area contributed by atoms with Crippen LogP contribution in [-0.2, 0) is 24.4 Å². The normalized spacial score (nSPS) is 12.9. The van der Waals surface area contributed by atoms with E-state index in [0.717, 1.165) is 19.3 Å². The second kappa shape index (κ2) is 18.4. The van der Waals surface area contributed by atoms with E-state index in [1.165, 1.54) is 51.9 Å². The molecule has 0 amide bonds. The van der Waals surface area contributed by atoms with Crippen LogP contribution in [0, 0.1) is 0 Å². The molecule has 0 saturated heterocycles. The number of carbonyl (C=O) groups is 2. The van der Waals surface area contributed by atoms with Gasteiger partial charge in [0.1, 0.15) is 0 Å². The van der Waals surface area contributed by atoms with Gasteiger partial charge >= 0.3 is 45.6 Å². The first-order valence-corrected chi connectivity index (χ1v) is 11.8. The van der Waals surface area contributed by atoms with E-state index >= 15 is 0 Å². The summed E-state index contributed by atoms with van der Waals surface area (Å²) in [6.07, 6.45) is 13.0. The van der Waals surface area contributed by atoms with Crippen molar-refractivity contribution in [2.75, 3.05) is 0 Å². The van der Waals surface area contributed by atoms with Gasteiger partial charge in [0.25, 0.3) is 0 Å². The molecule has 7 nitrogen and oxygen atoms in total. The first-order chi connectivity index (χ1) is 13.2. The molecule has 0 spiro atoms. The summed E-state index contributed by atoms with van der Waals surface area (Å²) in [4.78, 5) is 22.9. The Morgan fingerprint density at radius 1 is 0.931 bits per heavy atom. The molecule has 0 heterocycles. The van der Waals surface area contributed by atoms with Crippen molar-refractivity contribution in [3.8, 4) is 0 Å². The molecule has 0 bridgehead atoms. The van der Waals surface area contributed by atoms with E-state index in [0.29, 0.717) is 12.5 Å². The molecule has 0 aliphatic carbocycles. The van der Waals surface area contributed by atoms with Gasteiger partial charge in [0.05, 0.1) is 5.97 Å². The maximum atomic E-state index is 12.1. The number of hydrogen-bond donors (Lipinski definition) is 1. The molecule has 0 fully saturated rings. The number of carboxylic acids is 1. The number of esters is 1. The summed E-state index contributed by atoms with van der Waals surface area (Å²) < 4.78 is 36.0. The number of carboxylic acid groups (broad SMARTS) is 1. The van der Waals surface area contributed by atoms with Crippen LogP contribution in [0.5, 0.6) is 0 Å². The summed E-state index contributed by atoms with van der Waals surface area (Å²) >= 11 is 0. The number of hydrogen-bond acceptors (Lipinski definition) is 6. The molecule has 0 aromatic carbocycles. The van der Waals surface area contributed by atoms with Gasteiger partial charge in [0, 0.05) is 5.57 Å². The van der Waals surface area contributed by atoms with Gasteiger partial charge in [0.2, 0.25) is 5.44 Å². The molecule has 0 saturated carbocycles. The minimum absolute atomic E-state index is 0. The fraction of sp³-hybridized carbons (Fsp3) is 0.800. The van der Waals surface area contributed by atoms with Crippen LogP contribution in [0.3, 0.4) is 0 Å². The number of carbonyl (C=O) groups excluding carboxylic acids is 2. The first kappa shape index (κ1) is 30.8. The maximum absolute atomic E-state index is 12.1. The summed E-state index contributed by atoms with van der Waals surface area (Å²) in [6.45, 7) is 3.63. The van der Waals surface area contributed by atoms with Crippen molar-refractivity contribution in [3.05, 3.63) is 11.6 Å². The Hall–Kier alpha value is -0.410. The third-order valence-electron chi connectivity index (χ3n) is 4.51. The molecule has 0 aliphatic heterocycles. The summed E-state index contributed by atoms with van der Waals surface area (Å²) in [5.41, 5.74) is -1.86. The van der Waals surface area contributed by atoms with Gasteiger partial charge in [-0.25, -0.2) is 4.79 Å². The van der Waals surface area contributed by atoms with Gasteiger partial charge in [-0.2, -0.15) is 8.42 Å². The van der Waals surface area contributed by atoms with E-state index in [9.17, 15) is 23.1 Å². The summed E-state index contributed by atoms with van der Waals surface area (Å²) in [5, 5.41) is 10.8. The van der Waals surface area contributed by atoms with Crippen LogP contribution < -0.4 is 34.7 Å². The van der Waals surface area contributed by atoms with Crippen molar-refractivity contribution >= 4 is 22.1 Å². The van der Waals surface area contributed by atoms with E-state index in [4.69, 9.17) is 9.29 Å². The van der Waals surface area contributed by atoms with E-state index in [1.54, 1.807) is 0 Å². The molecule has 1 atom stereocenters. The zero-order valence-corrected chi connectivity index (χ0v) is 21.0. The monoisotopic (exact) mass is 442 g/mol. The smallest absolute Gasteiger partial charge is 0.545 e. The van der Waals surface area contributed by atoms with Gasteiger partial charge in [-0.1, -0.05) is 78.1 Å². The SMILES string of the molecule is CCCCCCCCCCCCCC(=CC(=O)[O-])C(=O)OC(CC)S(=O)(=O)O.[Na+]. The molecule has 1 N–H and O–H groups in total. The predicted molar refractivity (Wildman–Crippen MR) is 106 cm³/mol. The molecule has 164 valence electrons. The molecule has 0 aromatic rings. The Balaban J connectivity index is 0. The Kier molecular flexibility index (Phi) is 19.5. The minimum atomic E-state index is -4.55.